The van der Waals surface area contributed by atoms with Crippen LogP contribution in [0.25, 0.3) is 0 Å². The maximum atomic E-state index is 6.43. The molecule has 0 amide bonds. The summed E-state index contributed by atoms with van der Waals surface area (Å²) in [7, 11) is 0. The summed E-state index contributed by atoms with van der Waals surface area (Å²) in [4.78, 5) is 0. The van der Waals surface area contributed by atoms with Crippen LogP contribution in [0, 0.1) is 5.92 Å². The molecule has 0 N–H and O–H groups in total. The molecular weight excluding hydrogens is 212 g/mol. The summed E-state index contributed by atoms with van der Waals surface area (Å²) in [6, 6.07) is 0. The van der Waals surface area contributed by atoms with Crippen LogP contribution in [0.1, 0.15) is 39.0 Å². The van der Waals surface area contributed by atoms with Crippen LogP contribution in [0.3, 0.4) is 0 Å². The second-order valence-electron chi connectivity index (χ2n) is 4.89. The molecule has 3 atom stereocenters. The predicted octanol–water partition coefficient (Wildman–Crippen LogP) is 2.98. The maximum absolute atomic E-state index is 6.43. The molecule has 0 saturated carbocycles. The van der Waals surface area contributed by atoms with Crippen LogP contribution >= 0.6 is 11.6 Å². The van der Waals surface area contributed by atoms with Gasteiger partial charge in [-0.1, -0.05) is 13.3 Å². The lowest BCUT2D eigenvalue weighted by Gasteiger charge is -2.38. The first-order valence-corrected chi connectivity index (χ1v) is 6.55. The molecule has 2 saturated heterocycles. The Balaban J connectivity index is 1.91. The average molecular weight is 233 g/mol. The van der Waals surface area contributed by atoms with E-state index in [1.165, 1.54) is 6.42 Å². The molecule has 15 heavy (non-hydrogen) atoms. The molecule has 0 aliphatic carbocycles. The smallest absolute Gasteiger partial charge is 0.0939 e. The van der Waals surface area contributed by atoms with E-state index in [9.17, 15) is 0 Å². The third kappa shape index (κ3) is 2.66. The largest absolute Gasteiger partial charge is 0.378 e. The van der Waals surface area contributed by atoms with Gasteiger partial charge >= 0.3 is 0 Å². The second-order valence-corrected chi connectivity index (χ2v) is 5.45. The van der Waals surface area contributed by atoms with Crippen molar-refractivity contribution < 1.29 is 9.47 Å². The van der Waals surface area contributed by atoms with E-state index in [0.717, 1.165) is 45.5 Å². The van der Waals surface area contributed by atoms with E-state index in [1.54, 1.807) is 0 Å². The Morgan fingerprint density at radius 1 is 1.47 bits per heavy atom. The van der Waals surface area contributed by atoms with Gasteiger partial charge in [0.25, 0.3) is 0 Å². The standard InChI is InChI=1S/C12H21ClO2/c1-2-3-11(13)10-4-6-15-12(8-10)5-7-14-9-12/h10-11H,2-9H2,1H3. The zero-order valence-corrected chi connectivity index (χ0v) is 10.3. The van der Waals surface area contributed by atoms with Gasteiger partial charge in [-0.25, -0.2) is 0 Å². The number of ether oxygens (including phenoxy) is 2. The van der Waals surface area contributed by atoms with E-state index < -0.39 is 0 Å². The van der Waals surface area contributed by atoms with Crippen LogP contribution in [-0.2, 0) is 9.47 Å². The van der Waals surface area contributed by atoms with Crippen molar-refractivity contribution in [1.29, 1.82) is 0 Å². The molecule has 1 spiro atoms. The molecule has 0 aromatic rings. The molecule has 0 bridgehead atoms. The van der Waals surface area contributed by atoms with Gasteiger partial charge in [-0.15, -0.1) is 11.6 Å². The van der Waals surface area contributed by atoms with Crippen molar-refractivity contribution in [2.75, 3.05) is 19.8 Å². The molecule has 2 aliphatic heterocycles. The van der Waals surface area contributed by atoms with Gasteiger partial charge in [0.15, 0.2) is 0 Å². The molecule has 0 radical (unpaired) electrons. The summed E-state index contributed by atoms with van der Waals surface area (Å²) in [5, 5.41) is 0.330. The van der Waals surface area contributed by atoms with E-state index in [0.29, 0.717) is 11.3 Å². The second kappa shape index (κ2) is 5.03. The SMILES string of the molecule is CCCC(Cl)C1CCOC2(CCOC2)C1. The lowest BCUT2D eigenvalue weighted by atomic mass is 9.82. The minimum Gasteiger partial charge on any atom is -0.378 e. The molecule has 2 heterocycles. The zero-order chi connectivity index (χ0) is 10.7. The summed E-state index contributed by atoms with van der Waals surface area (Å²) in [6.07, 6.45) is 5.58. The van der Waals surface area contributed by atoms with Crippen LogP contribution in [0.4, 0.5) is 0 Å². The van der Waals surface area contributed by atoms with Gasteiger partial charge in [0.05, 0.1) is 12.2 Å². The number of hydrogen-bond acceptors (Lipinski definition) is 2. The Hall–Kier alpha value is 0.210. The number of alkyl halides is 1. The van der Waals surface area contributed by atoms with Gasteiger partial charge in [-0.3, -0.25) is 0 Å². The molecule has 88 valence electrons. The fraction of sp³-hybridized carbons (Fsp3) is 1.00. The van der Waals surface area contributed by atoms with E-state index in [4.69, 9.17) is 21.1 Å². The lowest BCUT2D eigenvalue weighted by Crippen LogP contribution is -2.42. The van der Waals surface area contributed by atoms with Crippen molar-refractivity contribution in [3.63, 3.8) is 0 Å². The van der Waals surface area contributed by atoms with Gasteiger partial charge < -0.3 is 9.47 Å². The van der Waals surface area contributed by atoms with Gasteiger partial charge in [0, 0.05) is 25.0 Å². The number of halogens is 1. The number of rotatable bonds is 3. The fourth-order valence-electron chi connectivity index (χ4n) is 2.75. The Bertz CT molecular complexity index is 202. The van der Waals surface area contributed by atoms with Crippen LogP contribution < -0.4 is 0 Å². The topological polar surface area (TPSA) is 18.5 Å². The Kier molecular flexibility index (Phi) is 3.92. The molecule has 2 rings (SSSR count). The van der Waals surface area contributed by atoms with Crippen molar-refractivity contribution >= 4 is 11.6 Å². The van der Waals surface area contributed by atoms with Crippen molar-refractivity contribution in [3.8, 4) is 0 Å². The Morgan fingerprint density at radius 3 is 3.00 bits per heavy atom. The van der Waals surface area contributed by atoms with Crippen molar-refractivity contribution in [2.45, 2.75) is 50.0 Å². The number of hydrogen-bond donors (Lipinski definition) is 0. The predicted molar refractivity (Wildman–Crippen MR) is 61.4 cm³/mol. The molecular formula is C12H21ClO2. The maximum Gasteiger partial charge on any atom is 0.0939 e. The molecule has 2 fully saturated rings. The first kappa shape index (κ1) is 11.7. The third-order valence-electron chi connectivity index (χ3n) is 3.67. The molecule has 2 aliphatic rings. The van der Waals surface area contributed by atoms with Gasteiger partial charge in [0.1, 0.15) is 0 Å². The summed E-state index contributed by atoms with van der Waals surface area (Å²) >= 11 is 6.43. The van der Waals surface area contributed by atoms with Gasteiger partial charge in [-0.2, -0.15) is 0 Å². The van der Waals surface area contributed by atoms with Gasteiger partial charge in [0.2, 0.25) is 0 Å². The summed E-state index contributed by atoms with van der Waals surface area (Å²) < 4.78 is 11.4. The highest BCUT2D eigenvalue weighted by molar-refractivity contribution is 6.20. The van der Waals surface area contributed by atoms with Crippen LogP contribution in [-0.4, -0.2) is 30.8 Å². The van der Waals surface area contributed by atoms with Crippen molar-refractivity contribution in [1.82, 2.24) is 0 Å². The first-order chi connectivity index (χ1) is 7.26. The van der Waals surface area contributed by atoms with E-state index in [1.807, 2.05) is 0 Å². The highest BCUT2D eigenvalue weighted by atomic mass is 35.5. The molecule has 3 unspecified atom stereocenters. The van der Waals surface area contributed by atoms with Crippen LogP contribution in [0.2, 0.25) is 0 Å². The molecule has 0 aromatic heterocycles. The van der Waals surface area contributed by atoms with E-state index in [2.05, 4.69) is 6.92 Å². The molecule has 0 aromatic carbocycles. The summed E-state index contributed by atoms with van der Waals surface area (Å²) in [6.45, 7) is 4.69. The summed E-state index contributed by atoms with van der Waals surface area (Å²) in [5.74, 6) is 0.627. The highest BCUT2D eigenvalue weighted by Crippen LogP contribution is 2.39. The van der Waals surface area contributed by atoms with E-state index in [-0.39, 0.29) is 5.60 Å². The third-order valence-corrected chi connectivity index (χ3v) is 4.25. The van der Waals surface area contributed by atoms with Crippen molar-refractivity contribution in [2.24, 2.45) is 5.92 Å². The molecule has 3 heteroatoms. The average Bonchev–Trinajstić information content (AvgIpc) is 2.67. The minimum atomic E-state index is 0.0177. The first-order valence-electron chi connectivity index (χ1n) is 6.11. The van der Waals surface area contributed by atoms with E-state index >= 15 is 0 Å². The molecule has 2 nitrogen and oxygen atoms in total. The lowest BCUT2D eigenvalue weighted by molar-refractivity contribution is -0.0983. The minimum absolute atomic E-state index is 0.0177. The zero-order valence-electron chi connectivity index (χ0n) is 9.51. The quantitative estimate of drug-likeness (QED) is 0.697. The van der Waals surface area contributed by atoms with Crippen LogP contribution in [0.5, 0.6) is 0 Å². The van der Waals surface area contributed by atoms with Crippen LogP contribution in [0.15, 0.2) is 0 Å². The summed E-state index contributed by atoms with van der Waals surface area (Å²) in [5.41, 5.74) is 0.0177. The van der Waals surface area contributed by atoms with Crippen molar-refractivity contribution in [3.05, 3.63) is 0 Å². The normalized spacial score (nSPS) is 38.4. The fourth-order valence-corrected chi connectivity index (χ4v) is 3.18. The van der Waals surface area contributed by atoms with Gasteiger partial charge in [-0.05, 0) is 25.2 Å². The highest BCUT2D eigenvalue weighted by Gasteiger charge is 2.42. The Morgan fingerprint density at radius 2 is 2.33 bits per heavy atom. The Labute approximate surface area is 97.3 Å². The monoisotopic (exact) mass is 232 g/mol.